The highest BCUT2D eigenvalue weighted by Gasteiger charge is 2.54. The van der Waals surface area contributed by atoms with Gasteiger partial charge in [-0.1, -0.05) is 41.4 Å². The molecule has 210 valence electrons. The Labute approximate surface area is 236 Å². The van der Waals surface area contributed by atoms with Gasteiger partial charge in [0, 0.05) is 24.3 Å². The summed E-state index contributed by atoms with van der Waals surface area (Å²) in [5, 5.41) is 14.1. The minimum atomic E-state index is -2.95. The number of aromatic nitrogens is 1. The summed E-state index contributed by atoms with van der Waals surface area (Å²) in [4.78, 5) is 31.2. The van der Waals surface area contributed by atoms with E-state index in [9.17, 15) is 27.9 Å². The number of nitrogens with one attached hydrogen (secondary N) is 1. The van der Waals surface area contributed by atoms with Crippen LogP contribution in [-0.2, 0) is 10.4 Å². The first kappa shape index (κ1) is 28.3. The van der Waals surface area contributed by atoms with Gasteiger partial charge in [-0.2, -0.15) is 0 Å². The van der Waals surface area contributed by atoms with Gasteiger partial charge in [-0.25, -0.2) is 17.6 Å². The van der Waals surface area contributed by atoms with Crippen molar-refractivity contribution in [1.82, 2.24) is 10.3 Å². The number of carbonyl (C=O) groups excluding carboxylic acids is 2. The van der Waals surface area contributed by atoms with E-state index in [2.05, 4.69) is 10.3 Å². The van der Waals surface area contributed by atoms with E-state index in [0.29, 0.717) is 25.7 Å². The van der Waals surface area contributed by atoms with Crippen molar-refractivity contribution in [3.05, 3.63) is 92.7 Å². The molecular weight excluding hydrogens is 573 g/mol. The van der Waals surface area contributed by atoms with Crippen molar-refractivity contribution in [3.8, 4) is 0 Å². The molecule has 3 aromatic rings. The average Bonchev–Trinajstić information content (AvgIpc) is 3.14. The molecule has 2 aromatic carbocycles. The van der Waals surface area contributed by atoms with Crippen LogP contribution in [0.1, 0.15) is 59.3 Å². The maximum absolute atomic E-state index is 15.1. The standard InChI is InChI=1S/C28H23Cl2F4N3O3/c29-15-11-17(24(25(33)34)35-12-15)26(38)36-16-9-7-14(8-10-16)13-37-21-6-2-5-20(31)22(21)28(40,27(37)39)18-3-1-4-19(30)23(18)32/h1-6,11-12,14,16,25,40H,7-10,13H2,(H,36,38). The molecule has 1 unspecified atom stereocenters. The molecule has 2 amide bonds. The second kappa shape index (κ2) is 11.0. The number of alkyl halides is 2. The van der Waals surface area contributed by atoms with Crippen LogP contribution in [0.2, 0.25) is 10.0 Å². The summed E-state index contributed by atoms with van der Waals surface area (Å²) >= 11 is 11.8. The van der Waals surface area contributed by atoms with Crippen molar-refractivity contribution in [2.45, 2.75) is 43.8 Å². The number of carbonyl (C=O) groups is 2. The van der Waals surface area contributed by atoms with Gasteiger partial charge in [0.1, 0.15) is 17.3 Å². The molecule has 2 aliphatic rings. The number of anilines is 1. The van der Waals surface area contributed by atoms with Gasteiger partial charge in [-0.05, 0) is 55.9 Å². The molecule has 5 rings (SSSR count). The van der Waals surface area contributed by atoms with Crippen molar-refractivity contribution >= 4 is 40.7 Å². The molecule has 0 bridgehead atoms. The van der Waals surface area contributed by atoms with E-state index in [4.69, 9.17) is 23.2 Å². The molecule has 2 heterocycles. The third-order valence-corrected chi connectivity index (χ3v) is 8.00. The van der Waals surface area contributed by atoms with Crippen LogP contribution in [0.15, 0.2) is 48.7 Å². The molecule has 0 saturated heterocycles. The van der Waals surface area contributed by atoms with E-state index in [1.54, 1.807) is 0 Å². The summed E-state index contributed by atoms with van der Waals surface area (Å²) in [6, 6.07) is 8.64. The number of nitrogens with zero attached hydrogens (tertiary/aromatic N) is 2. The first-order chi connectivity index (χ1) is 19.0. The minimum absolute atomic E-state index is 0.0582. The monoisotopic (exact) mass is 595 g/mol. The van der Waals surface area contributed by atoms with Crippen molar-refractivity contribution < 1.29 is 32.3 Å². The lowest BCUT2D eigenvalue weighted by Crippen LogP contribution is -2.45. The number of rotatable bonds is 6. The zero-order valence-corrected chi connectivity index (χ0v) is 22.3. The molecule has 1 aliphatic heterocycles. The number of hydrogen-bond donors (Lipinski definition) is 2. The second-order valence-electron chi connectivity index (χ2n) is 9.94. The molecular formula is C28H23Cl2F4N3O3. The van der Waals surface area contributed by atoms with Gasteiger partial charge in [0.05, 0.1) is 26.9 Å². The van der Waals surface area contributed by atoms with Crippen LogP contribution >= 0.6 is 23.2 Å². The molecule has 12 heteroatoms. The predicted molar refractivity (Wildman–Crippen MR) is 141 cm³/mol. The summed E-state index contributed by atoms with van der Waals surface area (Å²) in [5.41, 5.74) is -4.20. The zero-order valence-electron chi connectivity index (χ0n) is 20.8. The fraction of sp³-hybridized carbons (Fsp3) is 0.321. The van der Waals surface area contributed by atoms with Crippen molar-refractivity contribution in [3.63, 3.8) is 0 Å². The van der Waals surface area contributed by atoms with Crippen molar-refractivity contribution in [1.29, 1.82) is 0 Å². The maximum atomic E-state index is 15.1. The highest BCUT2D eigenvalue weighted by Crippen LogP contribution is 2.47. The topological polar surface area (TPSA) is 82.5 Å². The van der Waals surface area contributed by atoms with Gasteiger partial charge in [0.15, 0.2) is 0 Å². The molecule has 40 heavy (non-hydrogen) atoms. The van der Waals surface area contributed by atoms with E-state index in [1.165, 1.54) is 35.2 Å². The lowest BCUT2D eigenvalue weighted by Gasteiger charge is -2.32. The minimum Gasteiger partial charge on any atom is -0.371 e. The predicted octanol–water partition coefficient (Wildman–Crippen LogP) is 6.18. The van der Waals surface area contributed by atoms with Crippen LogP contribution < -0.4 is 10.2 Å². The Morgan fingerprint density at radius 1 is 1.12 bits per heavy atom. The second-order valence-corrected chi connectivity index (χ2v) is 10.8. The summed E-state index contributed by atoms with van der Waals surface area (Å²) < 4.78 is 56.7. The van der Waals surface area contributed by atoms with E-state index in [0.717, 1.165) is 18.3 Å². The Bertz CT molecular complexity index is 1480. The Morgan fingerprint density at radius 3 is 2.52 bits per heavy atom. The molecule has 2 N–H and O–H groups in total. The van der Waals surface area contributed by atoms with Gasteiger partial charge in [0.25, 0.3) is 18.2 Å². The fourth-order valence-electron chi connectivity index (χ4n) is 5.54. The molecule has 0 spiro atoms. The quantitative estimate of drug-likeness (QED) is 0.334. The van der Waals surface area contributed by atoms with Crippen LogP contribution in [0.3, 0.4) is 0 Å². The molecule has 1 aromatic heterocycles. The van der Waals surface area contributed by atoms with Gasteiger partial charge in [-0.3, -0.25) is 14.6 Å². The van der Waals surface area contributed by atoms with Crippen LogP contribution in [0.5, 0.6) is 0 Å². The highest BCUT2D eigenvalue weighted by atomic mass is 35.5. The van der Waals surface area contributed by atoms with Crippen LogP contribution in [0, 0.1) is 17.6 Å². The molecule has 6 nitrogen and oxygen atoms in total. The number of hydrogen-bond acceptors (Lipinski definition) is 4. The fourth-order valence-corrected chi connectivity index (χ4v) is 5.87. The summed E-state index contributed by atoms with van der Waals surface area (Å²) in [5.74, 6) is -3.57. The zero-order chi connectivity index (χ0) is 28.8. The number of fused-ring (bicyclic) bond motifs is 1. The smallest absolute Gasteiger partial charge is 0.281 e. The first-order valence-electron chi connectivity index (χ1n) is 12.5. The van der Waals surface area contributed by atoms with Crippen LogP contribution in [0.4, 0.5) is 23.2 Å². The maximum Gasteiger partial charge on any atom is 0.281 e. The summed E-state index contributed by atoms with van der Waals surface area (Å²) in [7, 11) is 0. The van der Waals surface area contributed by atoms with Crippen LogP contribution in [0.25, 0.3) is 0 Å². The molecule has 1 fully saturated rings. The van der Waals surface area contributed by atoms with Gasteiger partial charge in [-0.15, -0.1) is 0 Å². The lowest BCUT2D eigenvalue weighted by atomic mass is 9.85. The number of benzene rings is 2. The molecule has 1 atom stereocenters. The third-order valence-electron chi connectivity index (χ3n) is 7.50. The first-order valence-corrected chi connectivity index (χ1v) is 13.3. The van der Waals surface area contributed by atoms with Gasteiger partial charge in [0.2, 0.25) is 5.60 Å². The molecule has 1 aliphatic carbocycles. The van der Waals surface area contributed by atoms with Gasteiger partial charge < -0.3 is 15.3 Å². The number of amides is 2. The van der Waals surface area contributed by atoms with E-state index in [1.807, 2.05) is 0 Å². The molecule has 1 saturated carbocycles. The largest absolute Gasteiger partial charge is 0.371 e. The average molecular weight is 596 g/mol. The van der Waals surface area contributed by atoms with Gasteiger partial charge >= 0.3 is 0 Å². The SMILES string of the molecule is O=C(NC1CCC(CN2C(=O)C(O)(c3cccc(Cl)c3F)c3c(F)cccc32)CC1)c1cc(Cl)cnc1C(F)F. The summed E-state index contributed by atoms with van der Waals surface area (Å²) in [6.45, 7) is 0.119. The number of halogens is 6. The van der Waals surface area contributed by atoms with E-state index >= 15 is 4.39 Å². The summed E-state index contributed by atoms with van der Waals surface area (Å²) in [6.07, 6.45) is 0.159. The van der Waals surface area contributed by atoms with E-state index < -0.39 is 46.7 Å². The normalized spacial score (nSPS) is 22.5. The third kappa shape index (κ3) is 4.93. The Kier molecular flexibility index (Phi) is 7.78. The Morgan fingerprint density at radius 2 is 1.82 bits per heavy atom. The molecule has 0 radical (unpaired) electrons. The van der Waals surface area contributed by atoms with Crippen LogP contribution in [-0.4, -0.2) is 34.5 Å². The van der Waals surface area contributed by atoms with Crippen molar-refractivity contribution in [2.75, 3.05) is 11.4 Å². The number of aliphatic hydroxyl groups is 1. The lowest BCUT2D eigenvalue weighted by molar-refractivity contribution is -0.132. The van der Waals surface area contributed by atoms with E-state index in [-0.39, 0.29) is 45.4 Å². The number of pyridine rings is 1. The highest BCUT2D eigenvalue weighted by molar-refractivity contribution is 6.31. The Balaban J connectivity index is 1.31. The van der Waals surface area contributed by atoms with Crippen molar-refractivity contribution in [2.24, 2.45) is 5.92 Å². The Hall–Kier alpha value is -3.21.